The van der Waals surface area contributed by atoms with Gasteiger partial charge < -0.3 is 15.0 Å². The highest BCUT2D eigenvalue weighted by Gasteiger charge is 2.28. The van der Waals surface area contributed by atoms with E-state index in [1.165, 1.54) is 11.3 Å². The molecule has 1 unspecified atom stereocenters. The Hall–Kier alpha value is -1.69. The number of amides is 1. The second kappa shape index (κ2) is 7.05. The molecule has 1 amide bonds. The third kappa shape index (κ3) is 3.74. The highest BCUT2D eigenvalue weighted by molar-refractivity contribution is 7.15. The van der Waals surface area contributed by atoms with Crippen LogP contribution in [0.1, 0.15) is 11.3 Å². The first-order valence-corrected chi connectivity index (χ1v) is 8.26. The number of thiazole rings is 1. The van der Waals surface area contributed by atoms with Crippen LogP contribution in [0.2, 0.25) is 0 Å². The molecule has 2 saturated heterocycles. The highest BCUT2D eigenvalue weighted by atomic mass is 32.1. The predicted molar refractivity (Wildman–Crippen MR) is 82.1 cm³/mol. The summed E-state index contributed by atoms with van der Waals surface area (Å²) in [5.41, 5.74) is 0. The summed E-state index contributed by atoms with van der Waals surface area (Å²) >= 11 is 1.52. The summed E-state index contributed by atoms with van der Waals surface area (Å²) in [6, 6.07) is 0. The fraction of sp³-hybridized carbons (Fsp3) is 0.643. The first-order chi connectivity index (χ1) is 10.7. The van der Waals surface area contributed by atoms with Gasteiger partial charge in [0, 0.05) is 43.8 Å². The van der Waals surface area contributed by atoms with Gasteiger partial charge in [0.15, 0.2) is 11.3 Å². The molecule has 22 heavy (non-hydrogen) atoms. The van der Waals surface area contributed by atoms with E-state index in [2.05, 4.69) is 21.4 Å². The lowest BCUT2D eigenvalue weighted by Crippen LogP contribution is -2.35. The molecule has 0 bridgehead atoms. The van der Waals surface area contributed by atoms with Crippen molar-refractivity contribution in [1.29, 1.82) is 5.26 Å². The van der Waals surface area contributed by atoms with Crippen molar-refractivity contribution in [3.8, 4) is 6.19 Å². The number of nitrogens with one attached hydrogen (secondary N) is 1. The van der Waals surface area contributed by atoms with Crippen LogP contribution in [-0.2, 0) is 16.1 Å². The minimum atomic E-state index is -0.119. The fourth-order valence-electron chi connectivity index (χ4n) is 2.69. The minimum absolute atomic E-state index is 0.0370. The molecule has 118 valence electrons. The molecule has 0 spiro atoms. The molecular weight excluding hydrogens is 302 g/mol. The van der Waals surface area contributed by atoms with Crippen molar-refractivity contribution in [3.63, 3.8) is 0 Å². The van der Waals surface area contributed by atoms with Crippen molar-refractivity contribution < 1.29 is 9.53 Å². The Labute approximate surface area is 133 Å². The zero-order valence-electron chi connectivity index (χ0n) is 12.3. The average molecular weight is 321 g/mol. The van der Waals surface area contributed by atoms with E-state index in [4.69, 9.17) is 10.00 Å². The number of aromatic nitrogens is 1. The molecular formula is C14H19N5O2S. The average Bonchev–Trinajstić information content (AvgIpc) is 3.17. The van der Waals surface area contributed by atoms with Gasteiger partial charge in [0.1, 0.15) is 0 Å². The fourth-order valence-corrected chi connectivity index (χ4v) is 3.55. The Bertz CT molecular complexity index is 564. The molecule has 1 atom stereocenters. The number of carbonyl (C=O) groups excluding carboxylic acids is 1. The summed E-state index contributed by atoms with van der Waals surface area (Å²) in [7, 11) is 0. The molecule has 1 aromatic rings. The minimum Gasteiger partial charge on any atom is -0.379 e. The summed E-state index contributed by atoms with van der Waals surface area (Å²) in [6.07, 6.45) is 4.64. The SMILES string of the molecule is N#CN1CCC(C(=O)Nc2ncc(CN3CCOCC3)s2)C1. The van der Waals surface area contributed by atoms with Crippen molar-refractivity contribution in [2.45, 2.75) is 13.0 Å². The number of hydrogen-bond acceptors (Lipinski definition) is 7. The van der Waals surface area contributed by atoms with Crippen molar-refractivity contribution >= 4 is 22.4 Å². The molecule has 2 aliphatic rings. The van der Waals surface area contributed by atoms with Gasteiger partial charge in [0.25, 0.3) is 0 Å². The van der Waals surface area contributed by atoms with Crippen LogP contribution in [0.25, 0.3) is 0 Å². The van der Waals surface area contributed by atoms with E-state index in [9.17, 15) is 4.79 Å². The van der Waals surface area contributed by atoms with Crippen LogP contribution in [0.3, 0.4) is 0 Å². The van der Waals surface area contributed by atoms with Crippen molar-refractivity contribution in [1.82, 2.24) is 14.8 Å². The Morgan fingerprint density at radius 2 is 2.32 bits per heavy atom. The van der Waals surface area contributed by atoms with Gasteiger partial charge in [-0.1, -0.05) is 0 Å². The van der Waals surface area contributed by atoms with Crippen LogP contribution < -0.4 is 5.32 Å². The Morgan fingerprint density at radius 3 is 3.05 bits per heavy atom. The van der Waals surface area contributed by atoms with Gasteiger partial charge in [-0.2, -0.15) is 5.26 Å². The number of morpholine rings is 1. The molecule has 0 radical (unpaired) electrons. The van der Waals surface area contributed by atoms with E-state index in [1.807, 2.05) is 6.20 Å². The number of rotatable bonds is 4. The van der Waals surface area contributed by atoms with Crippen LogP contribution in [0.5, 0.6) is 0 Å². The lowest BCUT2D eigenvalue weighted by atomic mass is 10.1. The second-order valence-electron chi connectivity index (χ2n) is 5.54. The number of hydrogen-bond donors (Lipinski definition) is 1. The van der Waals surface area contributed by atoms with Crippen molar-refractivity contribution in [2.24, 2.45) is 5.92 Å². The summed E-state index contributed by atoms with van der Waals surface area (Å²) in [6.45, 7) is 5.45. The molecule has 0 aliphatic carbocycles. The quantitative estimate of drug-likeness (QED) is 0.823. The van der Waals surface area contributed by atoms with Crippen LogP contribution in [-0.4, -0.2) is 60.1 Å². The Balaban J connectivity index is 1.51. The van der Waals surface area contributed by atoms with Gasteiger partial charge in [-0.15, -0.1) is 11.3 Å². The number of likely N-dealkylation sites (tertiary alicyclic amines) is 1. The van der Waals surface area contributed by atoms with Crippen LogP contribution in [0.4, 0.5) is 5.13 Å². The number of ether oxygens (including phenoxy) is 1. The largest absolute Gasteiger partial charge is 0.379 e. The standard InChI is InChI=1S/C14H19N5O2S/c15-10-19-2-1-11(8-19)13(20)17-14-16-7-12(22-14)9-18-3-5-21-6-4-18/h7,11H,1-6,8-9H2,(H,16,17,20). The third-order valence-corrected chi connectivity index (χ3v) is 4.86. The molecule has 7 nitrogen and oxygen atoms in total. The molecule has 1 N–H and O–H groups in total. The summed E-state index contributed by atoms with van der Waals surface area (Å²) in [5, 5.41) is 12.4. The van der Waals surface area contributed by atoms with E-state index in [-0.39, 0.29) is 11.8 Å². The summed E-state index contributed by atoms with van der Waals surface area (Å²) in [5.74, 6) is -0.156. The van der Waals surface area contributed by atoms with Gasteiger partial charge in [-0.25, -0.2) is 4.98 Å². The van der Waals surface area contributed by atoms with Gasteiger partial charge in [0.05, 0.1) is 19.1 Å². The monoisotopic (exact) mass is 321 g/mol. The summed E-state index contributed by atoms with van der Waals surface area (Å²) < 4.78 is 5.33. The molecule has 0 aromatic carbocycles. The van der Waals surface area contributed by atoms with Gasteiger partial charge >= 0.3 is 0 Å². The number of nitrogens with zero attached hydrogens (tertiary/aromatic N) is 4. The predicted octanol–water partition coefficient (Wildman–Crippen LogP) is 0.717. The van der Waals surface area contributed by atoms with E-state index in [0.717, 1.165) is 44.1 Å². The molecule has 2 aliphatic heterocycles. The van der Waals surface area contributed by atoms with Crippen molar-refractivity contribution in [2.75, 3.05) is 44.7 Å². The first-order valence-electron chi connectivity index (χ1n) is 7.45. The van der Waals surface area contributed by atoms with Crippen molar-refractivity contribution in [3.05, 3.63) is 11.1 Å². The number of carbonyl (C=O) groups is 1. The maximum absolute atomic E-state index is 12.2. The highest BCUT2D eigenvalue weighted by Crippen LogP contribution is 2.22. The van der Waals surface area contributed by atoms with E-state index >= 15 is 0 Å². The van der Waals surface area contributed by atoms with Crippen LogP contribution >= 0.6 is 11.3 Å². The van der Waals surface area contributed by atoms with Crippen LogP contribution in [0, 0.1) is 17.4 Å². The maximum Gasteiger partial charge on any atom is 0.231 e. The van der Waals surface area contributed by atoms with Gasteiger partial charge in [0.2, 0.25) is 5.91 Å². The van der Waals surface area contributed by atoms with Gasteiger partial charge in [-0.3, -0.25) is 9.69 Å². The lowest BCUT2D eigenvalue weighted by molar-refractivity contribution is -0.119. The zero-order chi connectivity index (χ0) is 15.4. The smallest absolute Gasteiger partial charge is 0.231 e. The van der Waals surface area contributed by atoms with E-state index < -0.39 is 0 Å². The van der Waals surface area contributed by atoms with E-state index in [0.29, 0.717) is 18.2 Å². The Morgan fingerprint density at radius 1 is 1.50 bits per heavy atom. The molecule has 0 saturated carbocycles. The topological polar surface area (TPSA) is 81.5 Å². The third-order valence-electron chi connectivity index (χ3n) is 3.97. The first kappa shape index (κ1) is 15.2. The summed E-state index contributed by atoms with van der Waals surface area (Å²) in [4.78, 5) is 21.5. The second-order valence-corrected chi connectivity index (χ2v) is 6.66. The number of nitriles is 1. The molecule has 1 aromatic heterocycles. The molecule has 8 heteroatoms. The van der Waals surface area contributed by atoms with Crippen LogP contribution in [0.15, 0.2) is 6.20 Å². The molecule has 3 rings (SSSR count). The zero-order valence-corrected chi connectivity index (χ0v) is 13.1. The maximum atomic E-state index is 12.2. The van der Waals surface area contributed by atoms with E-state index in [1.54, 1.807) is 4.90 Å². The Kier molecular flexibility index (Phi) is 4.87. The molecule has 3 heterocycles. The number of anilines is 1. The normalized spacial score (nSPS) is 22.5. The lowest BCUT2D eigenvalue weighted by Gasteiger charge is -2.25. The molecule has 2 fully saturated rings. The van der Waals surface area contributed by atoms with Gasteiger partial charge in [-0.05, 0) is 6.42 Å².